The molecule has 0 aromatic carbocycles. The Bertz CT molecular complexity index is 457. The van der Waals surface area contributed by atoms with E-state index in [1.807, 2.05) is 27.0 Å². The number of aliphatic imine (C=N–C) groups is 1. The topological polar surface area (TPSA) is 75.6 Å². The predicted molar refractivity (Wildman–Crippen MR) is 80.9 cm³/mol. The summed E-state index contributed by atoms with van der Waals surface area (Å²) in [4.78, 5) is 20.9. The fourth-order valence-corrected chi connectivity index (χ4v) is 2.19. The number of nitrogens with one attached hydrogen (secondary N) is 2. The predicted octanol–water partition coefficient (Wildman–Crippen LogP) is 1.46. The molecular weight excluding hydrogens is 276 g/mol. The van der Waals surface area contributed by atoms with Crippen LogP contribution in [0.3, 0.4) is 0 Å². The molecule has 0 amide bonds. The van der Waals surface area contributed by atoms with Crippen molar-refractivity contribution in [3.63, 3.8) is 0 Å². The minimum absolute atomic E-state index is 0.0759. The van der Waals surface area contributed by atoms with Crippen molar-refractivity contribution in [3.8, 4) is 0 Å². The number of carbonyl (C=O) groups is 1. The maximum atomic E-state index is 11.4. The van der Waals surface area contributed by atoms with Crippen LogP contribution in [0.1, 0.15) is 30.2 Å². The van der Waals surface area contributed by atoms with E-state index in [2.05, 4.69) is 20.6 Å². The molecule has 2 N–H and O–H groups in total. The van der Waals surface area contributed by atoms with E-state index in [4.69, 9.17) is 4.74 Å². The molecule has 0 bridgehead atoms. The molecule has 0 atom stereocenters. The number of guanidine groups is 1. The maximum absolute atomic E-state index is 11.4. The summed E-state index contributed by atoms with van der Waals surface area (Å²) in [5.41, 5.74) is 0. The fraction of sp³-hybridized carbons (Fsp3) is 0.615. The van der Waals surface area contributed by atoms with Crippen LogP contribution in [0, 0.1) is 6.92 Å². The highest BCUT2D eigenvalue weighted by Crippen LogP contribution is 2.10. The second-order valence-corrected chi connectivity index (χ2v) is 5.83. The number of aromatic nitrogens is 1. The van der Waals surface area contributed by atoms with Crippen molar-refractivity contribution in [1.29, 1.82) is 0 Å². The number of hydrogen-bond donors (Lipinski definition) is 2. The highest BCUT2D eigenvalue weighted by atomic mass is 32.1. The van der Waals surface area contributed by atoms with Crippen LogP contribution in [0.2, 0.25) is 0 Å². The molecule has 0 spiro atoms. The number of aryl methyl sites for hydroxylation is 1. The molecule has 7 heteroatoms. The van der Waals surface area contributed by atoms with E-state index in [1.54, 1.807) is 18.4 Å². The van der Waals surface area contributed by atoms with E-state index < -0.39 is 0 Å². The molecule has 0 unspecified atom stereocenters. The first-order chi connectivity index (χ1) is 9.51. The summed E-state index contributed by atoms with van der Waals surface area (Å²) < 4.78 is 5.05. The Labute approximate surface area is 123 Å². The lowest BCUT2D eigenvalue weighted by molar-refractivity contribution is -0.147. The van der Waals surface area contributed by atoms with Gasteiger partial charge in [-0.25, -0.2) is 4.98 Å². The number of nitrogens with zero attached hydrogens (tertiary/aromatic N) is 2. The van der Waals surface area contributed by atoms with Crippen LogP contribution in [0.15, 0.2) is 11.2 Å². The standard InChI is InChI=1S/C13H22N4O2S/c1-9(2)19-12(18)5-6-15-13(14-4)17-8-11-16-7-10(3)20-11/h7,9H,5-6,8H2,1-4H3,(H2,14,15,17). The average molecular weight is 298 g/mol. The van der Waals surface area contributed by atoms with E-state index in [9.17, 15) is 4.79 Å². The average Bonchev–Trinajstić information content (AvgIpc) is 2.78. The molecule has 1 aromatic heterocycles. The number of carbonyl (C=O) groups excluding carboxylic acids is 1. The quantitative estimate of drug-likeness (QED) is 0.472. The minimum atomic E-state index is -0.210. The molecule has 20 heavy (non-hydrogen) atoms. The van der Waals surface area contributed by atoms with Crippen molar-refractivity contribution in [2.75, 3.05) is 13.6 Å². The largest absolute Gasteiger partial charge is 0.463 e. The third-order valence-electron chi connectivity index (χ3n) is 2.29. The highest BCUT2D eigenvalue weighted by Gasteiger charge is 2.06. The maximum Gasteiger partial charge on any atom is 0.307 e. The summed E-state index contributed by atoms with van der Waals surface area (Å²) in [7, 11) is 1.69. The lowest BCUT2D eigenvalue weighted by atomic mass is 10.4. The van der Waals surface area contributed by atoms with Crippen LogP contribution >= 0.6 is 11.3 Å². The summed E-state index contributed by atoms with van der Waals surface area (Å²) >= 11 is 1.65. The van der Waals surface area contributed by atoms with Crippen LogP contribution in [0.25, 0.3) is 0 Å². The zero-order valence-corrected chi connectivity index (χ0v) is 13.2. The van der Waals surface area contributed by atoms with Crippen LogP contribution in [0.5, 0.6) is 0 Å². The van der Waals surface area contributed by atoms with E-state index in [0.717, 1.165) is 5.01 Å². The summed E-state index contributed by atoms with van der Waals surface area (Å²) in [5.74, 6) is 0.439. The fourth-order valence-electron chi connectivity index (χ4n) is 1.47. The van der Waals surface area contributed by atoms with E-state index in [-0.39, 0.29) is 12.1 Å². The number of esters is 1. The van der Waals surface area contributed by atoms with Gasteiger partial charge in [-0.15, -0.1) is 11.3 Å². The molecule has 1 aromatic rings. The Morgan fingerprint density at radius 2 is 2.25 bits per heavy atom. The molecular formula is C13H22N4O2S. The Kier molecular flexibility index (Phi) is 7.00. The summed E-state index contributed by atoms with van der Waals surface area (Å²) in [6.45, 7) is 6.80. The summed E-state index contributed by atoms with van der Waals surface area (Å²) in [6, 6.07) is 0. The third-order valence-corrected chi connectivity index (χ3v) is 3.20. The van der Waals surface area contributed by atoms with E-state index >= 15 is 0 Å². The number of hydrogen-bond acceptors (Lipinski definition) is 5. The van der Waals surface area contributed by atoms with Crippen molar-refractivity contribution in [1.82, 2.24) is 15.6 Å². The SMILES string of the molecule is CN=C(NCCC(=O)OC(C)C)NCc1ncc(C)s1. The first-order valence-electron chi connectivity index (χ1n) is 6.56. The van der Waals surface area contributed by atoms with Crippen molar-refractivity contribution in [3.05, 3.63) is 16.1 Å². The zero-order chi connectivity index (χ0) is 15.0. The van der Waals surface area contributed by atoms with Crippen LogP contribution in [-0.2, 0) is 16.1 Å². The van der Waals surface area contributed by atoms with Crippen LogP contribution in [0.4, 0.5) is 0 Å². The first-order valence-corrected chi connectivity index (χ1v) is 7.38. The van der Waals surface area contributed by atoms with Gasteiger partial charge in [0, 0.05) is 24.7 Å². The number of thiazole rings is 1. The van der Waals surface area contributed by atoms with Crippen LogP contribution < -0.4 is 10.6 Å². The zero-order valence-electron chi connectivity index (χ0n) is 12.4. The van der Waals surface area contributed by atoms with Gasteiger partial charge in [-0.1, -0.05) is 0 Å². The number of ether oxygens (including phenoxy) is 1. The van der Waals surface area contributed by atoms with Gasteiger partial charge in [-0.2, -0.15) is 0 Å². The third kappa shape index (κ3) is 6.51. The molecule has 0 fully saturated rings. The molecule has 0 aliphatic carbocycles. The van der Waals surface area contributed by atoms with Gasteiger partial charge in [-0.3, -0.25) is 9.79 Å². The monoisotopic (exact) mass is 298 g/mol. The van der Waals surface area contributed by atoms with Crippen molar-refractivity contribution in [2.24, 2.45) is 4.99 Å². The number of rotatable bonds is 6. The van der Waals surface area contributed by atoms with E-state index in [1.165, 1.54) is 4.88 Å². The Morgan fingerprint density at radius 3 is 2.80 bits per heavy atom. The molecule has 0 aliphatic rings. The molecule has 112 valence electrons. The molecule has 0 radical (unpaired) electrons. The second kappa shape index (κ2) is 8.52. The van der Waals surface area contributed by atoms with E-state index in [0.29, 0.717) is 25.5 Å². The molecule has 1 rings (SSSR count). The van der Waals surface area contributed by atoms with Gasteiger partial charge in [0.15, 0.2) is 5.96 Å². The lowest BCUT2D eigenvalue weighted by Crippen LogP contribution is -2.38. The van der Waals surface area contributed by atoms with Gasteiger partial charge < -0.3 is 15.4 Å². The van der Waals surface area contributed by atoms with Gasteiger partial charge in [0.25, 0.3) is 0 Å². The minimum Gasteiger partial charge on any atom is -0.463 e. The summed E-state index contributed by atoms with van der Waals surface area (Å²) in [5, 5.41) is 7.22. The normalized spacial score (nSPS) is 11.6. The molecule has 0 saturated heterocycles. The second-order valence-electron chi connectivity index (χ2n) is 4.51. The molecule has 1 heterocycles. The van der Waals surface area contributed by atoms with Gasteiger partial charge in [0.05, 0.1) is 19.1 Å². The van der Waals surface area contributed by atoms with Gasteiger partial charge in [0.1, 0.15) is 5.01 Å². The first kappa shape index (κ1) is 16.4. The Hall–Kier alpha value is -1.63. The van der Waals surface area contributed by atoms with Gasteiger partial charge in [0.2, 0.25) is 0 Å². The lowest BCUT2D eigenvalue weighted by Gasteiger charge is -2.11. The molecule has 0 aliphatic heterocycles. The summed E-state index contributed by atoms with van der Waals surface area (Å²) in [6.07, 6.45) is 2.09. The molecule has 0 saturated carbocycles. The van der Waals surface area contributed by atoms with Crippen molar-refractivity contribution < 1.29 is 9.53 Å². The Balaban J connectivity index is 2.25. The smallest absolute Gasteiger partial charge is 0.307 e. The molecule has 6 nitrogen and oxygen atoms in total. The van der Waals surface area contributed by atoms with Crippen molar-refractivity contribution in [2.45, 2.75) is 39.8 Å². The van der Waals surface area contributed by atoms with Gasteiger partial charge >= 0.3 is 5.97 Å². The van der Waals surface area contributed by atoms with Gasteiger partial charge in [-0.05, 0) is 20.8 Å². The Morgan fingerprint density at radius 1 is 1.50 bits per heavy atom. The van der Waals surface area contributed by atoms with Crippen LogP contribution in [-0.4, -0.2) is 36.6 Å². The van der Waals surface area contributed by atoms with Crippen molar-refractivity contribution >= 4 is 23.3 Å². The highest BCUT2D eigenvalue weighted by molar-refractivity contribution is 7.11.